The number of rotatable bonds is 6. The molecule has 2 aromatic rings. The first-order chi connectivity index (χ1) is 10.2. The summed E-state index contributed by atoms with van der Waals surface area (Å²) in [6.07, 6.45) is 6.18. The second kappa shape index (κ2) is 7.38. The number of aromatic nitrogens is 2. The van der Waals surface area contributed by atoms with Gasteiger partial charge in [0.1, 0.15) is 5.82 Å². The normalized spacial score (nSPS) is 10.2. The molecule has 0 spiro atoms. The van der Waals surface area contributed by atoms with Crippen molar-refractivity contribution in [3.63, 3.8) is 0 Å². The van der Waals surface area contributed by atoms with Crippen molar-refractivity contribution >= 4 is 11.7 Å². The van der Waals surface area contributed by atoms with E-state index in [9.17, 15) is 4.79 Å². The summed E-state index contributed by atoms with van der Waals surface area (Å²) < 4.78 is 0. The first-order valence-corrected chi connectivity index (χ1v) is 7.09. The summed E-state index contributed by atoms with van der Waals surface area (Å²) in [4.78, 5) is 20.6. The molecule has 5 nitrogen and oxygen atoms in total. The van der Waals surface area contributed by atoms with Gasteiger partial charge in [0.25, 0.3) is 5.91 Å². The van der Waals surface area contributed by atoms with Crippen LogP contribution in [0, 0.1) is 6.92 Å². The minimum atomic E-state index is -0.134. The van der Waals surface area contributed by atoms with Crippen LogP contribution in [0.15, 0.2) is 36.8 Å². The Hall–Kier alpha value is -2.43. The van der Waals surface area contributed by atoms with Gasteiger partial charge in [-0.05, 0) is 42.7 Å². The summed E-state index contributed by atoms with van der Waals surface area (Å²) >= 11 is 0. The standard InChI is InChI=1S/C16H20N4O/c1-3-7-18-15-14(5-4-8-19-15)16(21)20-11-13-10-17-9-6-12(13)2/h4-6,8-10H,3,7,11H2,1-2H3,(H,18,19)(H,20,21). The molecule has 21 heavy (non-hydrogen) atoms. The van der Waals surface area contributed by atoms with Crippen molar-refractivity contribution in [2.75, 3.05) is 11.9 Å². The van der Waals surface area contributed by atoms with Crippen LogP contribution in [0.1, 0.15) is 34.8 Å². The number of carbonyl (C=O) groups is 1. The molecule has 2 rings (SSSR count). The van der Waals surface area contributed by atoms with Crippen LogP contribution in [0.3, 0.4) is 0 Å². The van der Waals surface area contributed by atoms with Crippen molar-refractivity contribution in [1.29, 1.82) is 0 Å². The van der Waals surface area contributed by atoms with Crippen molar-refractivity contribution in [2.45, 2.75) is 26.8 Å². The zero-order valence-corrected chi connectivity index (χ0v) is 12.4. The number of hydrogen-bond donors (Lipinski definition) is 2. The number of pyridine rings is 2. The monoisotopic (exact) mass is 284 g/mol. The average molecular weight is 284 g/mol. The van der Waals surface area contributed by atoms with Gasteiger partial charge in [-0.3, -0.25) is 9.78 Å². The fourth-order valence-corrected chi connectivity index (χ4v) is 1.93. The summed E-state index contributed by atoms with van der Waals surface area (Å²) in [6.45, 7) is 5.32. The summed E-state index contributed by atoms with van der Waals surface area (Å²) in [5.41, 5.74) is 2.69. The molecule has 0 aromatic carbocycles. The summed E-state index contributed by atoms with van der Waals surface area (Å²) in [7, 11) is 0. The van der Waals surface area contributed by atoms with Crippen LogP contribution in [-0.2, 0) is 6.54 Å². The molecule has 0 fully saturated rings. The van der Waals surface area contributed by atoms with Crippen LogP contribution >= 0.6 is 0 Å². The van der Waals surface area contributed by atoms with Crippen LogP contribution in [0.4, 0.5) is 5.82 Å². The fraction of sp³-hybridized carbons (Fsp3) is 0.312. The molecule has 2 heterocycles. The van der Waals surface area contributed by atoms with Gasteiger partial charge in [-0.1, -0.05) is 6.92 Å². The average Bonchev–Trinajstić information content (AvgIpc) is 2.52. The number of nitrogens with one attached hydrogen (secondary N) is 2. The number of amides is 1. The molecule has 0 atom stereocenters. The topological polar surface area (TPSA) is 66.9 Å². The zero-order valence-electron chi connectivity index (χ0n) is 12.4. The lowest BCUT2D eigenvalue weighted by molar-refractivity contribution is 0.0951. The maximum atomic E-state index is 12.3. The lowest BCUT2D eigenvalue weighted by Gasteiger charge is -2.11. The van der Waals surface area contributed by atoms with E-state index in [0.717, 1.165) is 24.1 Å². The first kappa shape index (κ1) is 15.0. The second-order valence-electron chi connectivity index (χ2n) is 4.81. The highest BCUT2D eigenvalue weighted by atomic mass is 16.1. The van der Waals surface area contributed by atoms with Gasteiger partial charge < -0.3 is 10.6 Å². The zero-order chi connectivity index (χ0) is 15.1. The van der Waals surface area contributed by atoms with E-state index in [1.54, 1.807) is 30.7 Å². The predicted octanol–water partition coefficient (Wildman–Crippen LogP) is 2.54. The van der Waals surface area contributed by atoms with Gasteiger partial charge in [-0.15, -0.1) is 0 Å². The van der Waals surface area contributed by atoms with Gasteiger partial charge in [-0.25, -0.2) is 4.98 Å². The molecule has 0 saturated heterocycles. The Balaban J connectivity index is 2.05. The Bertz CT molecular complexity index is 613. The van der Waals surface area contributed by atoms with Crippen LogP contribution in [0.5, 0.6) is 0 Å². The third-order valence-corrected chi connectivity index (χ3v) is 3.18. The molecule has 0 bridgehead atoms. The lowest BCUT2D eigenvalue weighted by atomic mass is 10.1. The number of nitrogens with zero attached hydrogens (tertiary/aromatic N) is 2. The molecule has 0 unspecified atom stereocenters. The number of anilines is 1. The molecule has 0 aliphatic rings. The second-order valence-corrected chi connectivity index (χ2v) is 4.81. The number of carbonyl (C=O) groups excluding carboxylic acids is 1. The minimum Gasteiger partial charge on any atom is -0.369 e. The van der Waals surface area contributed by atoms with E-state index in [4.69, 9.17) is 0 Å². The van der Waals surface area contributed by atoms with Crippen molar-refractivity contribution in [3.8, 4) is 0 Å². The van der Waals surface area contributed by atoms with E-state index in [-0.39, 0.29) is 5.91 Å². The number of hydrogen-bond acceptors (Lipinski definition) is 4. The molecule has 1 amide bonds. The molecule has 2 N–H and O–H groups in total. The van der Waals surface area contributed by atoms with Crippen molar-refractivity contribution < 1.29 is 4.79 Å². The van der Waals surface area contributed by atoms with Crippen molar-refractivity contribution in [2.24, 2.45) is 0 Å². The van der Waals surface area contributed by atoms with Crippen molar-refractivity contribution in [3.05, 3.63) is 53.5 Å². The van der Waals surface area contributed by atoms with Gasteiger partial charge in [0.2, 0.25) is 0 Å². The maximum Gasteiger partial charge on any atom is 0.255 e. The Morgan fingerprint density at radius 1 is 1.29 bits per heavy atom. The molecule has 2 aromatic heterocycles. The molecule has 0 saturated carbocycles. The molecule has 5 heteroatoms. The van der Waals surface area contributed by atoms with Gasteiger partial charge >= 0.3 is 0 Å². The van der Waals surface area contributed by atoms with Gasteiger partial charge in [0, 0.05) is 31.7 Å². The predicted molar refractivity (Wildman–Crippen MR) is 83.2 cm³/mol. The van der Waals surface area contributed by atoms with Crippen LogP contribution < -0.4 is 10.6 Å². The Morgan fingerprint density at radius 3 is 2.90 bits per heavy atom. The molecule has 0 radical (unpaired) electrons. The van der Waals surface area contributed by atoms with E-state index in [1.807, 2.05) is 13.0 Å². The molecular formula is C16H20N4O. The van der Waals surface area contributed by atoms with Gasteiger partial charge in [-0.2, -0.15) is 0 Å². The smallest absolute Gasteiger partial charge is 0.255 e. The minimum absolute atomic E-state index is 0.134. The van der Waals surface area contributed by atoms with Crippen molar-refractivity contribution in [1.82, 2.24) is 15.3 Å². The fourth-order valence-electron chi connectivity index (χ4n) is 1.93. The lowest BCUT2D eigenvalue weighted by Crippen LogP contribution is -2.24. The summed E-state index contributed by atoms with van der Waals surface area (Å²) in [6, 6.07) is 5.47. The van der Waals surface area contributed by atoms with E-state index in [1.165, 1.54) is 0 Å². The summed E-state index contributed by atoms with van der Waals surface area (Å²) in [5.74, 6) is 0.490. The maximum absolute atomic E-state index is 12.3. The highest BCUT2D eigenvalue weighted by Crippen LogP contribution is 2.12. The Labute approximate surface area is 124 Å². The third kappa shape index (κ3) is 4.02. The SMILES string of the molecule is CCCNc1ncccc1C(=O)NCc1cnccc1C. The van der Waals surface area contributed by atoms with Gasteiger partial charge in [0.15, 0.2) is 0 Å². The van der Waals surface area contributed by atoms with Crippen LogP contribution in [0.25, 0.3) is 0 Å². The highest BCUT2D eigenvalue weighted by Gasteiger charge is 2.11. The summed E-state index contributed by atoms with van der Waals surface area (Å²) in [5, 5.41) is 6.08. The van der Waals surface area contributed by atoms with E-state index in [2.05, 4.69) is 27.5 Å². The number of aryl methyl sites for hydroxylation is 1. The molecular weight excluding hydrogens is 264 g/mol. The van der Waals surface area contributed by atoms with Gasteiger partial charge in [0.05, 0.1) is 5.56 Å². The van der Waals surface area contributed by atoms with E-state index >= 15 is 0 Å². The molecule has 0 aliphatic heterocycles. The van der Waals surface area contributed by atoms with Crippen LogP contribution in [-0.4, -0.2) is 22.4 Å². The largest absolute Gasteiger partial charge is 0.369 e. The third-order valence-electron chi connectivity index (χ3n) is 3.18. The Morgan fingerprint density at radius 2 is 2.14 bits per heavy atom. The molecule has 110 valence electrons. The van der Waals surface area contributed by atoms with Crippen LogP contribution in [0.2, 0.25) is 0 Å². The van der Waals surface area contributed by atoms with E-state index < -0.39 is 0 Å². The van der Waals surface area contributed by atoms with E-state index in [0.29, 0.717) is 17.9 Å². The highest BCUT2D eigenvalue weighted by molar-refractivity contribution is 5.98. The molecule has 0 aliphatic carbocycles. The Kier molecular flexibility index (Phi) is 5.26. The quantitative estimate of drug-likeness (QED) is 0.855. The first-order valence-electron chi connectivity index (χ1n) is 7.09.